The van der Waals surface area contributed by atoms with E-state index in [-0.39, 0.29) is 30.1 Å². The van der Waals surface area contributed by atoms with Crippen LogP contribution in [-0.4, -0.2) is 47.2 Å². The molecular formula is C17H24ClN7O3. The van der Waals surface area contributed by atoms with Gasteiger partial charge < -0.3 is 20.4 Å². The number of aromatic nitrogens is 2. The van der Waals surface area contributed by atoms with Gasteiger partial charge >= 0.3 is 6.03 Å². The molecule has 2 amide bonds. The van der Waals surface area contributed by atoms with E-state index in [1.54, 1.807) is 20.0 Å². The van der Waals surface area contributed by atoms with E-state index >= 15 is 0 Å². The fourth-order valence-corrected chi connectivity index (χ4v) is 2.76. The second kappa shape index (κ2) is 9.38. The van der Waals surface area contributed by atoms with Gasteiger partial charge in [0, 0.05) is 24.4 Å². The first-order valence-electron chi connectivity index (χ1n) is 8.63. The SMILES string of the molecule is CNc1nc(N(CCO)NC(=O)Nc2cc(Cl)no2)cc(C(C)C)c1C(C)=N. The molecule has 2 aromatic rings. The minimum atomic E-state index is -0.618. The van der Waals surface area contributed by atoms with Crippen LogP contribution in [-0.2, 0) is 0 Å². The molecule has 0 saturated heterocycles. The van der Waals surface area contributed by atoms with Crippen LogP contribution in [0.5, 0.6) is 0 Å². The molecule has 0 unspecified atom stereocenters. The maximum absolute atomic E-state index is 12.3. The predicted octanol–water partition coefficient (Wildman–Crippen LogP) is 2.81. The summed E-state index contributed by atoms with van der Waals surface area (Å²) in [7, 11) is 1.72. The number of hydrogen-bond acceptors (Lipinski definition) is 8. The van der Waals surface area contributed by atoms with Gasteiger partial charge in [0.15, 0.2) is 5.15 Å². The molecule has 0 aliphatic rings. The molecule has 0 aromatic carbocycles. The van der Waals surface area contributed by atoms with E-state index in [4.69, 9.17) is 21.5 Å². The standard InChI is InChI=1S/C17H24ClN7O3/c1-9(2)11-7-13(21-16(20-4)15(11)10(3)19)25(5-6-26)23-17(27)22-14-8-12(18)24-28-14/h7-9,19,26H,5-6H2,1-4H3,(H,20,21)(H2,22,23,27). The fourth-order valence-electron chi connectivity index (χ4n) is 2.62. The average Bonchev–Trinajstić information content (AvgIpc) is 3.04. The highest BCUT2D eigenvalue weighted by Gasteiger charge is 2.20. The van der Waals surface area contributed by atoms with Crippen LogP contribution in [0.15, 0.2) is 16.7 Å². The number of halogens is 1. The second-order valence-corrected chi connectivity index (χ2v) is 6.67. The Hall–Kier alpha value is -2.85. The fraction of sp³-hybridized carbons (Fsp3) is 0.412. The predicted molar refractivity (Wildman–Crippen MR) is 108 cm³/mol. The number of aliphatic hydroxyl groups excluding tert-OH is 1. The number of urea groups is 1. The zero-order valence-corrected chi connectivity index (χ0v) is 16.9. The number of carbonyl (C=O) groups excluding carboxylic acids is 1. The zero-order chi connectivity index (χ0) is 20.8. The zero-order valence-electron chi connectivity index (χ0n) is 16.1. The third-order valence-electron chi connectivity index (χ3n) is 3.83. The highest BCUT2D eigenvalue weighted by atomic mass is 35.5. The highest BCUT2D eigenvalue weighted by Crippen LogP contribution is 2.29. The van der Waals surface area contributed by atoms with Gasteiger partial charge in [0.2, 0.25) is 5.88 Å². The van der Waals surface area contributed by atoms with Gasteiger partial charge in [-0.1, -0.05) is 30.6 Å². The minimum Gasteiger partial charge on any atom is -0.394 e. The second-order valence-electron chi connectivity index (χ2n) is 6.28. The molecule has 0 aliphatic carbocycles. The molecule has 2 aromatic heterocycles. The number of hydrogen-bond donors (Lipinski definition) is 5. The molecule has 0 fully saturated rings. The van der Waals surface area contributed by atoms with Gasteiger partial charge in [-0.25, -0.2) is 15.2 Å². The maximum Gasteiger partial charge on any atom is 0.340 e. The van der Waals surface area contributed by atoms with Crippen molar-refractivity contribution < 1.29 is 14.4 Å². The van der Waals surface area contributed by atoms with E-state index in [9.17, 15) is 9.90 Å². The summed E-state index contributed by atoms with van der Waals surface area (Å²) in [5.41, 5.74) is 4.60. The molecule has 0 bridgehead atoms. The summed E-state index contributed by atoms with van der Waals surface area (Å²) in [5, 5.41) is 27.9. The Morgan fingerprint density at radius 1 is 1.43 bits per heavy atom. The van der Waals surface area contributed by atoms with Crippen molar-refractivity contribution in [2.75, 3.05) is 35.8 Å². The number of aliphatic hydroxyl groups is 1. The van der Waals surface area contributed by atoms with Crippen LogP contribution in [0.4, 0.5) is 22.3 Å². The lowest BCUT2D eigenvalue weighted by molar-refractivity contribution is 0.247. The molecule has 0 saturated carbocycles. The van der Waals surface area contributed by atoms with Gasteiger partial charge in [-0.05, 0) is 24.5 Å². The third-order valence-corrected chi connectivity index (χ3v) is 4.00. The summed E-state index contributed by atoms with van der Waals surface area (Å²) in [6.45, 7) is 5.60. The van der Waals surface area contributed by atoms with Gasteiger partial charge in [-0.15, -0.1) is 0 Å². The molecule has 0 atom stereocenters. The Morgan fingerprint density at radius 2 is 2.14 bits per heavy atom. The minimum absolute atomic E-state index is 0.0768. The molecule has 10 nitrogen and oxygen atoms in total. The lowest BCUT2D eigenvalue weighted by Gasteiger charge is -2.26. The van der Waals surface area contributed by atoms with E-state index in [2.05, 4.69) is 26.2 Å². The first-order chi connectivity index (χ1) is 13.3. The van der Waals surface area contributed by atoms with Crippen molar-refractivity contribution in [1.29, 1.82) is 5.41 Å². The number of anilines is 3. The van der Waals surface area contributed by atoms with E-state index in [1.165, 1.54) is 11.1 Å². The Labute approximate surface area is 167 Å². The van der Waals surface area contributed by atoms with Crippen LogP contribution in [0.1, 0.15) is 37.8 Å². The number of rotatable bonds is 8. The molecule has 2 rings (SSSR count). The molecule has 152 valence electrons. The van der Waals surface area contributed by atoms with Crippen molar-refractivity contribution >= 4 is 40.9 Å². The quantitative estimate of drug-likeness (QED) is 0.333. The maximum atomic E-state index is 12.3. The molecule has 0 spiro atoms. The molecule has 28 heavy (non-hydrogen) atoms. The number of carbonyl (C=O) groups is 1. The largest absolute Gasteiger partial charge is 0.394 e. The van der Waals surface area contributed by atoms with Gasteiger partial charge in [0.25, 0.3) is 0 Å². The topological polar surface area (TPSA) is 139 Å². The summed E-state index contributed by atoms with van der Waals surface area (Å²) in [6, 6.07) is 2.53. The van der Waals surface area contributed by atoms with E-state index in [0.29, 0.717) is 22.9 Å². The normalized spacial score (nSPS) is 10.7. The van der Waals surface area contributed by atoms with E-state index < -0.39 is 6.03 Å². The van der Waals surface area contributed by atoms with Crippen molar-refractivity contribution in [2.24, 2.45) is 0 Å². The molecule has 11 heteroatoms. The molecule has 5 N–H and O–H groups in total. The van der Waals surface area contributed by atoms with Crippen molar-refractivity contribution in [3.8, 4) is 0 Å². The number of pyridine rings is 1. The monoisotopic (exact) mass is 409 g/mol. The Morgan fingerprint density at radius 3 is 2.64 bits per heavy atom. The van der Waals surface area contributed by atoms with Gasteiger partial charge in [0.1, 0.15) is 11.6 Å². The Balaban J connectivity index is 2.34. The first kappa shape index (κ1) is 21.5. The Kier molecular flexibility index (Phi) is 7.18. The van der Waals surface area contributed by atoms with Gasteiger partial charge in [-0.3, -0.25) is 10.3 Å². The van der Waals surface area contributed by atoms with Gasteiger partial charge in [-0.2, -0.15) is 0 Å². The Bertz CT molecular complexity index is 853. The first-order valence-corrected chi connectivity index (χ1v) is 9.01. The number of nitrogens with zero attached hydrogens (tertiary/aromatic N) is 3. The molecular weight excluding hydrogens is 386 g/mol. The third kappa shape index (κ3) is 5.11. The summed E-state index contributed by atoms with van der Waals surface area (Å²) in [4.78, 5) is 16.8. The van der Waals surface area contributed by atoms with Crippen molar-refractivity contribution in [1.82, 2.24) is 15.6 Å². The number of amides is 2. The van der Waals surface area contributed by atoms with E-state index in [1.807, 2.05) is 13.8 Å². The van der Waals surface area contributed by atoms with Gasteiger partial charge in [0.05, 0.1) is 13.2 Å². The lowest BCUT2D eigenvalue weighted by atomic mass is 9.95. The summed E-state index contributed by atoms with van der Waals surface area (Å²) in [5.74, 6) is 1.12. The van der Waals surface area contributed by atoms with Crippen LogP contribution in [0, 0.1) is 5.41 Å². The molecule has 2 heterocycles. The summed E-state index contributed by atoms with van der Waals surface area (Å²) < 4.78 is 4.84. The number of hydrazine groups is 1. The van der Waals surface area contributed by atoms with Crippen LogP contribution >= 0.6 is 11.6 Å². The van der Waals surface area contributed by atoms with Crippen LogP contribution in [0.25, 0.3) is 0 Å². The average molecular weight is 410 g/mol. The van der Waals surface area contributed by atoms with Crippen molar-refractivity contribution in [3.05, 3.63) is 28.4 Å². The highest BCUT2D eigenvalue weighted by molar-refractivity contribution is 6.29. The van der Waals surface area contributed by atoms with Crippen LogP contribution in [0.2, 0.25) is 5.15 Å². The summed E-state index contributed by atoms with van der Waals surface area (Å²) >= 11 is 5.66. The summed E-state index contributed by atoms with van der Waals surface area (Å²) in [6.07, 6.45) is 0. The van der Waals surface area contributed by atoms with Crippen LogP contribution < -0.4 is 21.1 Å². The molecule has 0 radical (unpaired) electrons. The van der Waals surface area contributed by atoms with Crippen molar-refractivity contribution in [3.63, 3.8) is 0 Å². The van der Waals surface area contributed by atoms with Crippen LogP contribution in [0.3, 0.4) is 0 Å². The molecule has 0 aliphatic heterocycles. The number of nitrogens with one attached hydrogen (secondary N) is 4. The van der Waals surface area contributed by atoms with E-state index in [0.717, 1.165) is 5.56 Å². The van der Waals surface area contributed by atoms with Crippen molar-refractivity contribution in [2.45, 2.75) is 26.7 Å². The lowest BCUT2D eigenvalue weighted by Crippen LogP contribution is -2.46. The smallest absolute Gasteiger partial charge is 0.340 e.